The van der Waals surface area contributed by atoms with Crippen LogP contribution in [0.5, 0.6) is 0 Å². The normalized spacial score (nSPS) is 13.7. The number of aliphatic hydroxyl groups is 1. The van der Waals surface area contributed by atoms with Crippen LogP contribution in [0.3, 0.4) is 0 Å². The first-order chi connectivity index (χ1) is 6.80. The molecule has 0 aromatic heterocycles. The summed E-state index contributed by atoms with van der Waals surface area (Å²) in [7, 11) is 0. The highest BCUT2D eigenvalue weighted by Crippen LogP contribution is 2.26. The number of nitrogens with one attached hydrogen (secondary N) is 1. The Bertz CT molecular complexity index is 349. The van der Waals surface area contributed by atoms with E-state index in [4.69, 9.17) is 11.6 Å². The van der Waals surface area contributed by atoms with Crippen LogP contribution in [0.25, 0.3) is 0 Å². The molecule has 0 saturated carbocycles. The number of hydrogen-bond acceptors (Lipinski definition) is 2. The van der Waals surface area contributed by atoms with E-state index < -0.39 is 5.60 Å². The van der Waals surface area contributed by atoms with Gasteiger partial charge in [-0.1, -0.05) is 11.6 Å². The van der Waals surface area contributed by atoms with Gasteiger partial charge in [-0.25, -0.2) is 0 Å². The van der Waals surface area contributed by atoms with Crippen molar-refractivity contribution in [2.45, 2.75) is 32.4 Å². The molecule has 1 aromatic rings. The van der Waals surface area contributed by atoms with Gasteiger partial charge in [-0.15, -0.1) is 0 Å². The van der Waals surface area contributed by atoms with E-state index in [-0.39, 0.29) is 6.04 Å². The molecule has 1 unspecified atom stereocenters. The van der Waals surface area contributed by atoms with Gasteiger partial charge in [-0.2, -0.15) is 0 Å². The van der Waals surface area contributed by atoms with Gasteiger partial charge >= 0.3 is 0 Å². The number of rotatable bonds is 3. The predicted molar refractivity (Wildman–Crippen MR) is 73.6 cm³/mol. The molecule has 4 heteroatoms. The van der Waals surface area contributed by atoms with Gasteiger partial charge in [-0.05, 0) is 61.6 Å². The molecule has 1 atom stereocenters. The van der Waals surface area contributed by atoms with Crippen molar-refractivity contribution in [1.29, 1.82) is 0 Å². The average Bonchev–Trinajstić information content (AvgIpc) is 2.08. The Balaban J connectivity index is 2.82. The molecule has 1 rings (SSSR count). The summed E-state index contributed by atoms with van der Waals surface area (Å²) < 4.78 is 1.10. The van der Waals surface area contributed by atoms with Crippen molar-refractivity contribution in [3.63, 3.8) is 0 Å². The zero-order valence-corrected chi connectivity index (χ0v) is 11.9. The fourth-order valence-corrected chi connectivity index (χ4v) is 1.93. The molecular weight excluding hydrogens is 324 g/mol. The van der Waals surface area contributed by atoms with Crippen molar-refractivity contribution in [2.24, 2.45) is 0 Å². The van der Waals surface area contributed by atoms with Gasteiger partial charge in [-0.3, -0.25) is 0 Å². The van der Waals surface area contributed by atoms with E-state index in [1.165, 1.54) is 0 Å². The van der Waals surface area contributed by atoms with Crippen molar-refractivity contribution in [1.82, 2.24) is 0 Å². The maximum atomic E-state index is 9.79. The number of anilines is 1. The molecule has 0 spiro atoms. The number of halogens is 2. The van der Waals surface area contributed by atoms with Crippen LogP contribution in [-0.2, 0) is 0 Å². The molecule has 0 radical (unpaired) electrons. The van der Waals surface area contributed by atoms with Gasteiger partial charge in [0.1, 0.15) is 0 Å². The quantitative estimate of drug-likeness (QED) is 0.826. The Morgan fingerprint density at radius 2 is 2.07 bits per heavy atom. The van der Waals surface area contributed by atoms with Gasteiger partial charge in [0.2, 0.25) is 0 Å². The Hall–Kier alpha value is -0.000000000000000132. The van der Waals surface area contributed by atoms with Crippen LogP contribution in [-0.4, -0.2) is 16.7 Å². The molecule has 1 aromatic carbocycles. The summed E-state index contributed by atoms with van der Waals surface area (Å²) in [4.78, 5) is 0. The first-order valence-electron chi connectivity index (χ1n) is 4.74. The Morgan fingerprint density at radius 3 is 2.53 bits per heavy atom. The molecule has 0 aliphatic heterocycles. The molecule has 2 nitrogen and oxygen atoms in total. The lowest BCUT2D eigenvalue weighted by atomic mass is 10.0. The summed E-state index contributed by atoms with van der Waals surface area (Å²) in [6.07, 6.45) is 0. The summed E-state index contributed by atoms with van der Waals surface area (Å²) in [6, 6.07) is 5.73. The Morgan fingerprint density at radius 1 is 1.47 bits per heavy atom. The highest BCUT2D eigenvalue weighted by atomic mass is 127. The maximum absolute atomic E-state index is 9.79. The van der Waals surface area contributed by atoms with Crippen molar-refractivity contribution >= 4 is 39.9 Å². The standard InChI is InChI=1S/C11H15ClINO/c1-7(11(2,3)15)14-10-5-4-8(13)6-9(10)12/h4-7,14-15H,1-3H3. The molecule has 15 heavy (non-hydrogen) atoms. The van der Waals surface area contributed by atoms with E-state index >= 15 is 0 Å². The molecule has 0 fully saturated rings. The van der Waals surface area contributed by atoms with Crippen LogP contribution in [0, 0.1) is 3.57 Å². The predicted octanol–water partition coefficient (Wildman–Crippen LogP) is 3.52. The largest absolute Gasteiger partial charge is 0.388 e. The molecular formula is C11H15ClINO. The Labute approximate surface area is 109 Å². The SMILES string of the molecule is CC(Nc1ccc(I)cc1Cl)C(C)(C)O. The number of hydrogen-bond donors (Lipinski definition) is 2. The zero-order chi connectivity index (χ0) is 11.6. The van der Waals surface area contributed by atoms with E-state index in [1.807, 2.05) is 25.1 Å². The monoisotopic (exact) mass is 339 g/mol. The van der Waals surface area contributed by atoms with E-state index in [0.29, 0.717) is 5.02 Å². The summed E-state index contributed by atoms with van der Waals surface area (Å²) in [6.45, 7) is 5.46. The average molecular weight is 340 g/mol. The van der Waals surface area contributed by atoms with Crippen LogP contribution >= 0.6 is 34.2 Å². The third kappa shape index (κ3) is 3.81. The molecule has 0 amide bonds. The molecule has 2 N–H and O–H groups in total. The minimum absolute atomic E-state index is 0.0601. The summed E-state index contributed by atoms with van der Waals surface area (Å²) in [5.74, 6) is 0. The zero-order valence-electron chi connectivity index (χ0n) is 9.01. The number of benzene rings is 1. The molecule has 0 aliphatic rings. The van der Waals surface area contributed by atoms with Gasteiger partial charge in [0.25, 0.3) is 0 Å². The van der Waals surface area contributed by atoms with Gasteiger partial charge in [0.05, 0.1) is 22.4 Å². The minimum Gasteiger partial charge on any atom is -0.388 e. The highest BCUT2D eigenvalue weighted by molar-refractivity contribution is 14.1. The van der Waals surface area contributed by atoms with E-state index in [2.05, 4.69) is 27.9 Å². The molecule has 0 bridgehead atoms. The minimum atomic E-state index is -0.772. The molecule has 0 heterocycles. The van der Waals surface area contributed by atoms with Gasteiger partial charge < -0.3 is 10.4 Å². The fourth-order valence-electron chi connectivity index (χ4n) is 1.02. The summed E-state index contributed by atoms with van der Waals surface area (Å²) in [5, 5.41) is 13.7. The van der Waals surface area contributed by atoms with Crippen LogP contribution in [0.1, 0.15) is 20.8 Å². The summed E-state index contributed by atoms with van der Waals surface area (Å²) >= 11 is 8.29. The second kappa shape index (κ2) is 4.89. The fraction of sp³-hybridized carbons (Fsp3) is 0.455. The third-order valence-electron chi connectivity index (χ3n) is 2.36. The molecule has 84 valence electrons. The van der Waals surface area contributed by atoms with Gasteiger partial charge in [0, 0.05) is 3.57 Å². The first-order valence-corrected chi connectivity index (χ1v) is 6.20. The lowest BCUT2D eigenvalue weighted by Gasteiger charge is -2.28. The molecule has 0 saturated heterocycles. The maximum Gasteiger partial charge on any atom is 0.0789 e. The second-order valence-corrected chi connectivity index (χ2v) is 5.80. The van der Waals surface area contributed by atoms with Crippen molar-refractivity contribution in [3.8, 4) is 0 Å². The second-order valence-electron chi connectivity index (χ2n) is 4.14. The van der Waals surface area contributed by atoms with Gasteiger partial charge in [0.15, 0.2) is 0 Å². The topological polar surface area (TPSA) is 32.3 Å². The van der Waals surface area contributed by atoms with E-state index in [0.717, 1.165) is 9.26 Å². The third-order valence-corrected chi connectivity index (χ3v) is 3.35. The van der Waals surface area contributed by atoms with Crippen LogP contribution in [0.2, 0.25) is 5.02 Å². The lowest BCUT2D eigenvalue weighted by Crippen LogP contribution is -2.39. The van der Waals surface area contributed by atoms with E-state index in [1.54, 1.807) is 13.8 Å². The van der Waals surface area contributed by atoms with Crippen molar-refractivity contribution < 1.29 is 5.11 Å². The van der Waals surface area contributed by atoms with Crippen LogP contribution in [0.4, 0.5) is 5.69 Å². The van der Waals surface area contributed by atoms with Crippen LogP contribution < -0.4 is 5.32 Å². The lowest BCUT2D eigenvalue weighted by molar-refractivity contribution is 0.0649. The van der Waals surface area contributed by atoms with Crippen molar-refractivity contribution in [2.75, 3.05) is 5.32 Å². The first kappa shape index (κ1) is 13.1. The van der Waals surface area contributed by atoms with Crippen molar-refractivity contribution in [3.05, 3.63) is 26.8 Å². The molecule has 0 aliphatic carbocycles. The smallest absolute Gasteiger partial charge is 0.0789 e. The summed E-state index contributed by atoms with van der Waals surface area (Å²) in [5.41, 5.74) is 0.0819. The Kier molecular flexibility index (Phi) is 4.26. The highest BCUT2D eigenvalue weighted by Gasteiger charge is 2.22. The van der Waals surface area contributed by atoms with E-state index in [9.17, 15) is 5.11 Å². The van der Waals surface area contributed by atoms with Crippen LogP contribution in [0.15, 0.2) is 18.2 Å².